The molecule has 3 rings (SSSR count). The highest BCUT2D eigenvalue weighted by molar-refractivity contribution is 5.94. The number of nitrogens with one attached hydrogen (secondary N) is 1. The third-order valence-corrected chi connectivity index (χ3v) is 4.32. The Morgan fingerprint density at radius 3 is 2.41 bits per heavy atom. The second-order valence-electron chi connectivity index (χ2n) is 6.77. The molecule has 1 N–H and O–H groups in total. The van der Waals surface area contributed by atoms with Crippen molar-refractivity contribution in [2.45, 2.75) is 25.9 Å². The van der Waals surface area contributed by atoms with E-state index in [2.05, 4.69) is 15.0 Å². The van der Waals surface area contributed by atoms with E-state index < -0.39 is 48.2 Å². The number of fused-ring (bicyclic) bond motifs is 1. The number of nitrogens with zero attached hydrogens (tertiary/aromatic N) is 2. The van der Waals surface area contributed by atoms with Gasteiger partial charge >= 0.3 is 12.5 Å². The fraction of sp³-hybridized carbons (Fsp3) is 0.263. The number of hydrogen-bond donors (Lipinski definition) is 1. The first-order chi connectivity index (χ1) is 14.7. The number of carbonyl (C=O) groups excluding carboxylic acids is 1. The van der Waals surface area contributed by atoms with Gasteiger partial charge in [0.2, 0.25) is 5.91 Å². The summed E-state index contributed by atoms with van der Waals surface area (Å²) in [5.41, 5.74) is -0.268. The second-order valence-corrected chi connectivity index (χ2v) is 6.77. The van der Waals surface area contributed by atoms with Crippen LogP contribution in [0.2, 0.25) is 0 Å². The van der Waals surface area contributed by atoms with E-state index in [4.69, 9.17) is 0 Å². The smallest absolute Gasteiger partial charge is 0.403 e. The number of hydrogen-bond acceptors (Lipinski definition) is 3. The number of ether oxygens (including phenoxy) is 1. The summed E-state index contributed by atoms with van der Waals surface area (Å²) in [6.07, 6.45) is -9.82. The SMILES string of the molecule is CC(CC(=O)Nc1nc2ccc(F)cn2c1-c1ccc(OC(F)(F)F)c(F)c1)C(F)(F)F. The monoisotopic (exact) mass is 467 g/mol. The maximum atomic E-state index is 14.2. The number of amides is 1. The topological polar surface area (TPSA) is 55.6 Å². The van der Waals surface area contributed by atoms with Crippen molar-refractivity contribution in [3.05, 3.63) is 48.2 Å². The van der Waals surface area contributed by atoms with Gasteiger partial charge in [0.1, 0.15) is 11.5 Å². The van der Waals surface area contributed by atoms with E-state index in [1.54, 1.807) is 0 Å². The molecule has 172 valence electrons. The number of rotatable bonds is 5. The summed E-state index contributed by atoms with van der Waals surface area (Å²) in [5, 5.41) is 2.17. The predicted octanol–water partition coefficient (Wildman–Crippen LogP) is 5.71. The van der Waals surface area contributed by atoms with Gasteiger partial charge in [-0.25, -0.2) is 13.8 Å². The van der Waals surface area contributed by atoms with E-state index in [9.17, 15) is 39.9 Å². The van der Waals surface area contributed by atoms with Gasteiger partial charge in [0.05, 0.1) is 11.6 Å². The molecule has 3 aromatic rings. The van der Waals surface area contributed by atoms with E-state index in [0.29, 0.717) is 12.1 Å². The van der Waals surface area contributed by atoms with E-state index >= 15 is 0 Å². The van der Waals surface area contributed by atoms with Gasteiger partial charge in [0, 0.05) is 18.2 Å². The molecule has 2 aromatic heterocycles. The normalized spacial score (nSPS) is 13.3. The molecule has 2 heterocycles. The highest BCUT2D eigenvalue weighted by Crippen LogP contribution is 2.34. The van der Waals surface area contributed by atoms with Crippen LogP contribution < -0.4 is 10.1 Å². The lowest BCUT2D eigenvalue weighted by molar-refractivity contribution is -0.275. The van der Waals surface area contributed by atoms with E-state index in [-0.39, 0.29) is 22.7 Å². The van der Waals surface area contributed by atoms with Crippen LogP contribution in [0, 0.1) is 17.6 Å². The van der Waals surface area contributed by atoms with E-state index in [1.165, 1.54) is 6.07 Å². The van der Waals surface area contributed by atoms with Crippen LogP contribution in [0.25, 0.3) is 16.9 Å². The molecule has 1 unspecified atom stereocenters. The minimum absolute atomic E-state index is 0.0385. The van der Waals surface area contributed by atoms with Crippen LogP contribution >= 0.6 is 0 Å². The summed E-state index contributed by atoms with van der Waals surface area (Å²) in [6, 6.07) is 4.48. The number of anilines is 1. The average molecular weight is 467 g/mol. The molecular formula is C19H13F8N3O2. The maximum absolute atomic E-state index is 14.2. The summed E-state index contributed by atoms with van der Waals surface area (Å²) < 4.78 is 108. The van der Waals surface area contributed by atoms with Crippen molar-refractivity contribution in [1.29, 1.82) is 0 Å². The zero-order valence-corrected chi connectivity index (χ0v) is 16.0. The lowest BCUT2D eigenvalue weighted by atomic mass is 10.1. The van der Waals surface area contributed by atoms with Gasteiger partial charge in [-0.05, 0) is 30.3 Å². The molecule has 0 aliphatic carbocycles. The predicted molar refractivity (Wildman–Crippen MR) is 95.7 cm³/mol. The summed E-state index contributed by atoms with van der Waals surface area (Å²) in [7, 11) is 0. The summed E-state index contributed by atoms with van der Waals surface area (Å²) in [5.74, 6) is -6.70. The molecule has 0 radical (unpaired) electrons. The quantitative estimate of drug-likeness (QED) is 0.490. The van der Waals surface area contributed by atoms with Crippen LogP contribution in [0.5, 0.6) is 5.75 Å². The minimum atomic E-state index is -5.15. The Labute approximate surface area is 174 Å². The first-order valence-electron chi connectivity index (χ1n) is 8.84. The van der Waals surface area contributed by atoms with Gasteiger partial charge in [0.15, 0.2) is 17.4 Å². The summed E-state index contributed by atoms with van der Waals surface area (Å²) in [4.78, 5) is 16.1. The molecule has 0 saturated heterocycles. The van der Waals surface area contributed by atoms with Crippen LogP contribution in [0.4, 0.5) is 40.9 Å². The molecule has 0 saturated carbocycles. The van der Waals surface area contributed by atoms with E-state index in [1.807, 2.05) is 0 Å². The van der Waals surface area contributed by atoms with Crippen molar-refractivity contribution in [2.24, 2.45) is 5.92 Å². The third kappa shape index (κ3) is 5.26. The molecule has 1 atom stereocenters. The standard InChI is InChI=1S/C19H13F8N3O2/c1-9(18(22,23)24)6-15(31)29-17-16(30-8-11(20)3-5-14(30)28-17)10-2-4-13(12(21)7-10)32-19(25,26)27/h2-5,7-9H,6H2,1H3,(H,29,31). The van der Waals surface area contributed by atoms with Crippen molar-refractivity contribution in [2.75, 3.05) is 5.32 Å². The van der Waals surface area contributed by atoms with Crippen molar-refractivity contribution < 1.29 is 44.7 Å². The summed E-state index contributed by atoms with van der Waals surface area (Å²) >= 11 is 0. The highest BCUT2D eigenvalue weighted by Gasteiger charge is 2.37. The molecule has 0 aliphatic heterocycles. The Balaban J connectivity index is 2.03. The number of imidazole rings is 1. The van der Waals surface area contributed by atoms with Gasteiger partial charge in [-0.15, -0.1) is 13.2 Å². The Morgan fingerprint density at radius 2 is 1.81 bits per heavy atom. The van der Waals surface area contributed by atoms with Gasteiger partial charge < -0.3 is 10.1 Å². The number of aromatic nitrogens is 2. The van der Waals surface area contributed by atoms with Crippen LogP contribution in [-0.2, 0) is 4.79 Å². The first-order valence-corrected chi connectivity index (χ1v) is 8.84. The van der Waals surface area contributed by atoms with E-state index in [0.717, 1.165) is 29.7 Å². The Bertz CT molecular complexity index is 1150. The number of carbonyl (C=O) groups is 1. The lowest BCUT2D eigenvalue weighted by Gasteiger charge is -2.15. The van der Waals surface area contributed by atoms with Crippen molar-refractivity contribution >= 4 is 17.4 Å². The Kier molecular flexibility index (Phi) is 6.03. The van der Waals surface area contributed by atoms with Crippen LogP contribution in [-0.4, -0.2) is 27.8 Å². The highest BCUT2D eigenvalue weighted by atomic mass is 19.4. The average Bonchev–Trinajstić information content (AvgIpc) is 2.98. The van der Waals surface area contributed by atoms with Crippen LogP contribution in [0.3, 0.4) is 0 Å². The number of alkyl halides is 6. The second kappa shape index (κ2) is 8.28. The molecule has 0 bridgehead atoms. The number of benzene rings is 1. The number of pyridine rings is 1. The Morgan fingerprint density at radius 1 is 1.12 bits per heavy atom. The van der Waals surface area contributed by atoms with Crippen molar-refractivity contribution in [3.63, 3.8) is 0 Å². The number of halogens is 8. The molecule has 0 aliphatic rings. The Hall–Kier alpha value is -3.38. The van der Waals surface area contributed by atoms with Crippen molar-refractivity contribution in [1.82, 2.24) is 9.38 Å². The molecule has 1 amide bonds. The summed E-state index contributed by atoms with van der Waals surface area (Å²) in [6.45, 7) is 0.800. The largest absolute Gasteiger partial charge is 0.573 e. The van der Waals surface area contributed by atoms with Crippen LogP contribution in [0.1, 0.15) is 13.3 Å². The maximum Gasteiger partial charge on any atom is 0.573 e. The fourth-order valence-corrected chi connectivity index (χ4v) is 2.81. The molecule has 0 fully saturated rings. The zero-order chi connectivity index (χ0) is 23.8. The van der Waals surface area contributed by atoms with Crippen LogP contribution in [0.15, 0.2) is 36.5 Å². The van der Waals surface area contributed by atoms with Gasteiger partial charge in [0.25, 0.3) is 0 Å². The molecular weight excluding hydrogens is 454 g/mol. The van der Waals surface area contributed by atoms with Gasteiger partial charge in [-0.2, -0.15) is 13.2 Å². The minimum Gasteiger partial charge on any atom is -0.403 e. The first kappa shape index (κ1) is 23.3. The molecule has 32 heavy (non-hydrogen) atoms. The molecule has 1 aromatic carbocycles. The van der Waals surface area contributed by atoms with Gasteiger partial charge in [-0.1, -0.05) is 6.92 Å². The van der Waals surface area contributed by atoms with Gasteiger partial charge in [-0.3, -0.25) is 9.20 Å². The molecule has 13 heteroatoms. The van der Waals surface area contributed by atoms with Crippen molar-refractivity contribution in [3.8, 4) is 17.0 Å². The molecule has 0 spiro atoms. The lowest BCUT2D eigenvalue weighted by Crippen LogP contribution is -2.25. The third-order valence-electron chi connectivity index (χ3n) is 4.32. The zero-order valence-electron chi connectivity index (χ0n) is 16.0. The molecule has 5 nitrogen and oxygen atoms in total. The fourth-order valence-electron chi connectivity index (χ4n) is 2.81.